The van der Waals surface area contributed by atoms with Crippen molar-refractivity contribution in [1.29, 1.82) is 0 Å². The molecule has 0 aromatic heterocycles. The molecule has 7 nitrogen and oxygen atoms in total. The van der Waals surface area contributed by atoms with Gasteiger partial charge in [0.25, 0.3) is 0 Å². The summed E-state index contributed by atoms with van der Waals surface area (Å²) in [5.41, 5.74) is -0.735. The van der Waals surface area contributed by atoms with Crippen molar-refractivity contribution in [2.45, 2.75) is 87.8 Å². The van der Waals surface area contributed by atoms with Crippen LogP contribution >= 0.6 is 0 Å². The van der Waals surface area contributed by atoms with E-state index in [-0.39, 0.29) is 42.8 Å². The quantitative estimate of drug-likeness (QED) is 0.543. The standard InChI is InChI=1S/C28H32F2N2O5S/c1-16-9-10-23(18-7-5-4-6-8-18)38(34,35)32(16)13-19-11-22(30)20(12-21(19)29)28(14-27(3,33)15-28)24-17(2)31-25-26(36-24)37-25/h4-8,11-12,16,23,25-26,31,33H,9-10,13-15H2,1-3H3/t16-,23+,25?,26?,27?,28?/m0/s1. The van der Waals surface area contributed by atoms with Crippen LogP contribution in [0, 0.1) is 11.6 Å². The maximum Gasteiger partial charge on any atom is 0.247 e. The summed E-state index contributed by atoms with van der Waals surface area (Å²) >= 11 is 0. The molecule has 3 heterocycles. The van der Waals surface area contributed by atoms with E-state index >= 15 is 8.78 Å². The molecule has 2 N–H and O–H groups in total. The maximum absolute atomic E-state index is 15.8. The van der Waals surface area contributed by atoms with Gasteiger partial charge in [0, 0.05) is 29.4 Å². The molecular formula is C28H32F2N2O5S. The van der Waals surface area contributed by atoms with Crippen LogP contribution in [0.2, 0.25) is 0 Å². The minimum Gasteiger partial charge on any atom is -0.462 e. The summed E-state index contributed by atoms with van der Waals surface area (Å²) in [5, 5.41) is 13.1. The van der Waals surface area contributed by atoms with Gasteiger partial charge in [-0.15, -0.1) is 0 Å². The second kappa shape index (κ2) is 8.74. The average molecular weight is 547 g/mol. The Bertz CT molecular complexity index is 1400. The molecule has 10 heteroatoms. The lowest BCUT2D eigenvalue weighted by Crippen LogP contribution is -2.56. The van der Waals surface area contributed by atoms with E-state index in [1.807, 2.05) is 6.07 Å². The Morgan fingerprint density at radius 1 is 1.13 bits per heavy atom. The smallest absolute Gasteiger partial charge is 0.247 e. The second-order valence-corrected chi connectivity index (χ2v) is 13.5. The average Bonchev–Trinajstić information content (AvgIpc) is 3.60. The molecule has 0 spiro atoms. The zero-order valence-electron chi connectivity index (χ0n) is 21.6. The van der Waals surface area contributed by atoms with Crippen molar-refractivity contribution in [2.24, 2.45) is 0 Å². The summed E-state index contributed by atoms with van der Waals surface area (Å²) in [6.45, 7) is 4.97. The summed E-state index contributed by atoms with van der Waals surface area (Å²) in [7, 11) is -3.81. The number of fused-ring (bicyclic) bond motifs is 1. The lowest BCUT2D eigenvalue weighted by molar-refractivity contribution is -0.0888. The Kier molecular flexibility index (Phi) is 5.92. The molecule has 4 aliphatic rings. The van der Waals surface area contributed by atoms with Gasteiger partial charge in [-0.1, -0.05) is 30.3 Å². The fourth-order valence-electron chi connectivity index (χ4n) is 6.56. The normalized spacial score (nSPS) is 36.1. The fourth-order valence-corrected chi connectivity index (χ4v) is 8.75. The zero-order chi connectivity index (χ0) is 27.0. The highest BCUT2D eigenvalue weighted by atomic mass is 32.2. The van der Waals surface area contributed by atoms with E-state index in [0.29, 0.717) is 29.9 Å². The van der Waals surface area contributed by atoms with E-state index in [2.05, 4.69) is 5.32 Å². The third-order valence-electron chi connectivity index (χ3n) is 8.36. The number of epoxide rings is 1. The molecule has 0 amide bonds. The number of allylic oxidation sites excluding steroid dienone is 2. The predicted molar refractivity (Wildman–Crippen MR) is 136 cm³/mol. The Morgan fingerprint density at radius 3 is 2.53 bits per heavy atom. The maximum atomic E-state index is 15.8. The minimum absolute atomic E-state index is 0.0319. The Hall–Kier alpha value is -2.53. The molecule has 4 atom stereocenters. The number of nitrogens with zero attached hydrogens (tertiary/aromatic N) is 1. The molecule has 3 fully saturated rings. The summed E-state index contributed by atoms with van der Waals surface area (Å²) in [4.78, 5) is 0. The number of nitrogens with one attached hydrogen (secondary N) is 1. The summed E-state index contributed by atoms with van der Waals surface area (Å²) in [5.74, 6) is -0.924. The van der Waals surface area contributed by atoms with Gasteiger partial charge in [-0.05, 0) is 64.2 Å². The van der Waals surface area contributed by atoms with Gasteiger partial charge in [0.2, 0.25) is 16.3 Å². The lowest BCUT2D eigenvalue weighted by Gasteiger charge is -2.53. The van der Waals surface area contributed by atoms with Crippen molar-refractivity contribution < 1.29 is 31.8 Å². The fraction of sp³-hybridized carbons (Fsp3) is 0.500. The first-order valence-electron chi connectivity index (χ1n) is 13.0. The molecule has 38 heavy (non-hydrogen) atoms. The van der Waals surface area contributed by atoms with Crippen LogP contribution in [0.5, 0.6) is 0 Å². The van der Waals surface area contributed by atoms with Crippen molar-refractivity contribution in [1.82, 2.24) is 9.62 Å². The minimum atomic E-state index is -3.81. The van der Waals surface area contributed by atoms with Crippen LogP contribution in [0.15, 0.2) is 53.9 Å². The van der Waals surface area contributed by atoms with Gasteiger partial charge >= 0.3 is 0 Å². The van der Waals surface area contributed by atoms with Crippen LogP contribution in [0.1, 0.15) is 68.4 Å². The summed E-state index contributed by atoms with van der Waals surface area (Å²) < 4.78 is 71.3. The zero-order valence-corrected chi connectivity index (χ0v) is 22.4. The molecule has 2 aromatic rings. The van der Waals surface area contributed by atoms with Crippen molar-refractivity contribution in [3.8, 4) is 0 Å². The number of aliphatic hydroxyl groups is 1. The highest BCUT2D eigenvalue weighted by Gasteiger charge is 2.60. The van der Waals surface area contributed by atoms with E-state index in [4.69, 9.17) is 9.47 Å². The summed E-state index contributed by atoms with van der Waals surface area (Å²) in [6.07, 6.45) is 0.632. The van der Waals surface area contributed by atoms with Gasteiger partial charge in [-0.25, -0.2) is 17.2 Å². The number of halogens is 2. The van der Waals surface area contributed by atoms with Gasteiger partial charge in [0.05, 0.1) is 11.0 Å². The topological polar surface area (TPSA) is 91.4 Å². The van der Waals surface area contributed by atoms with Gasteiger partial charge in [0.1, 0.15) is 22.6 Å². The van der Waals surface area contributed by atoms with Crippen LogP contribution in [0.4, 0.5) is 8.78 Å². The van der Waals surface area contributed by atoms with E-state index in [9.17, 15) is 13.5 Å². The number of benzene rings is 2. The molecule has 2 aromatic carbocycles. The molecule has 3 aliphatic heterocycles. The number of sulfonamides is 1. The van der Waals surface area contributed by atoms with E-state index in [0.717, 1.165) is 12.1 Å². The molecule has 0 bridgehead atoms. The number of rotatable bonds is 5. The first kappa shape index (κ1) is 25.7. The Balaban J connectivity index is 1.34. The molecular weight excluding hydrogens is 514 g/mol. The Morgan fingerprint density at radius 2 is 1.84 bits per heavy atom. The molecule has 0 radical (unpaired) electrons. The van der Waals surface area contributed by atoms with Crippen LogP contribution in [-0.2, 0) is 31.5 Å². The number of hydrogen-bond acceptors (Lipinski definition) is 6. The van der Waals surface area contributed by atoms with Gasteiger partial charge in [-0.3, -0.25) is 0 Å². The van der Waals surface area contributed by atoms with Crippen LogP contribution < -0.4 is 5.32 Å². The van der Waals surface area contributed by atoms with Gasteiger partial charge in [0.15, 0.2) is 6.23 Å². The lowest BCUT2D eigenvalue weighted by atomic mass is 9.55. The van der Waals surface area contributed by atoms with Gasteiger partial charge in [-0.2, -0.15) is 4.31 Å². The molecule has 204 valence electrons. The van der Waals surface area contributed by atoms with Crippen molar-refractivity contribution in [3.05, 3.63) is 82.2 Å². The monoisotopic (exact) mass is 546 g/mol. The van der Waals surface area contributed by atoms with Crippen LogP contribution in [0.3, 0.4) is 0 Å². The summed E-state index contributed by atoms with van der Waals surface area (Å²) in [6, 6.07) is 10.9. The highest BCUT2D eigenvalue weighted by molar-refractivity contribution is 7.89. The van der Waals surface area contributed by atoms with Crippen LogP contribution in [-0.4, -0.2) is 42.0 Å². The van der Waals surface area contributed by atoms with E-state index < -0.39 is 44.2 Å². The van der Waals surface area contributed by atoms with E-state index in [1.54, 1.807) is 45.0 Å². The van der Waals surface area contributed by atoms with Crippen molar-refractivity contribution in [2.75, 3.05) is 0 Å². The van der Waals surface area contributed by atoms with Gasteiger partial charge < -0.3 is 19.9 Å². The third-order valence-corrected chi connectivity index (χ3v) is 10.7. The number of ether oxygens (including phenoxy) is 2. The number of hydrogen-bond donors (Lipinski definition) is 2. The van der Waals surface area contributed by atoms with E-state index in [1.165, 1.54) is 4.31 Å². The second-order valence-electron chi connectivity index (χ2n) is 11.4. The largest absolute Gasteiger partial charge is 0.462 e. The Labute approximate surface area is 221 Å². The first-order chi connectivity index (χ1) is 17.9. The first-order valence-corrected chi connectivity index (χ1v) is 14.5. The molecule has 2 saturated heterocycles. The SMILES string of the molecule is CC1=C(C2(c3cc(F)c(CN4[C@@H](C)CC[C@H](c5ccccc5)S4(=O)=O)cc3F)CC(C)(O)C2)OC2OC2N1. The van der Waals surface area contributed by atoms with Crippen molar-refractivity contribution >= 4 is 10.0 Å². The van der Waals surface area contributed by atoms with Crippen LogP contribution in [0.25, 0.3) is 0 Å². The third kappa shape index (κ3) is 4.13. The molecule has 1 aliphatic carbocycles. The molecule has 6 rings (SSSR count). The molecule has 2 unspecified atom stereocenters. The predicted octanol–water partition coefficient (Wildman–Crippen LogP) is 4.34. The van der Waals surface area contributed by atoms with Crippen molar-refractivity contribution in [3.63, 3.8) is 0 Å². The molecule has 1 saturated carbocycles. The highest BCUT2D eigenvalue weighted by Crippen LogP contribution is 2.58.